The lowest BCUT2D eigenvalue weighted by Gasteiger charge is -2.15. The lowest BCUT2D eigenvalue weighted by atomic mass is 10.2. The van der Waals surface area contributed by atoms with E-state index in [0.717, 1.165) is 0 Å². The Morgan fingerprint density at radius 2 is 2.31 bits per heavy atom. The number of rotatable bonds is 6. The van der Waals surface area contributed by atoms with Crippen molar-refractivity contribution in [1.82, 2.24) is 5.32 Å². The maximum atomic E-state index is 10.7. The molecule has 0 saturated carbocycles. The van der Waals surface area contributed by atoms with Gasteiger partial charge in [-0.25, -0.2) is 4.99 Å². The second-order valence-corrected chi connectivity index (χ2v) is 3.16. The summed E-state index contributed by atoms with van der Waals surface area (Å²) in [7, 11) is 0. The van der Waals surface area contributed by atoms with Crippen LogP contribution < -0.4 is 5.32 Å². The third kappa shape index (κ3) is 6.40. The van der Waals surface area contributed by atoms with Crippen LogP contribution in [-0.4, -0.2) is 34.9 Å². The number of aliphatic imine (C=N–C) groups is 1. The van der Waals surface area contributed by atoms with E-state index in [-0.39, 0.29) is 6.04 Å². The number of hydrogen-bond acceptors (Lipinski definition) is 4. The van der Waals surface area contributed by atoms with E-state index in [4.69, 9.17) is 5.11 Å². The monoisotopic (exact) mass is 202 g/mol. The predicted molar refractivity (Wildman–Crippen MR) is 54.2 cm³/mol. The topological polar surface area (TPSA) is 61.7 Å². The zero-order valence-corrected chi connectivity index (χ0v) is 8.60. The van der Waals surface area contributed by atoms with Crippen molar-refractivity contribution in [2.75, 3.05) is 6.54 Å². The first kappa shape index (κ1) is 12.2. The lowest BCUT2D eigenvalue weighted by Crippen LogP contribution is -2.41. The minimum absolute atomic E-state index is 0.151. The zero-order chi connectivity index (χ0) is 10.3. The minimum Gasteiger partial charge on any atom is -0.480 e. The molecule has 0 aliphatic carbocycles. The van der Waals surface area contributed by atoms with Crippen LogP contribution in [0.4, 0.5) is 0 Å². The fourth-order valence-electron chi connectivity index (χ4n) is 0.920. The maximum absolute atomic E-state index is 10.7. The Kier molecular flexibility index (Phi) is 6.32. The fraction of sp³-hybridized carbons (Fsp3) is 0.750. The van der Waals surface area contributed by atoms with Crippen LogP contribution in [0, 0.1) is 0 Å². The second-order valence-electron chi connectivity index (χ2n) is 2.97. The summed E-state index contributed by atoms with van der Waals surface area (Å²) in [5, 5.41) is 13.9. The lowest BCUT2D eigenvalue weighted by molar-refractivity contribution is -0.139. The van der Waals surface area contributed by atoms with Gasteiger partial charge in [0.1, 0.15) is 6.04 Å². The van der Waals surface area contributed by atoms with Crippen molar-refractivity contribution in [1.29, 1.82) is 0 Å². The number of isothiocyanates is 1. The van der Waals surface area contributed by atoms with Crippen LogP contribution >= 0.6 is 12.2 Å². The quantitative estimate of drug-likeness (QED) is 0.497. The zero-order valence-electron chi connectivity index (χ0n) is 7.78. The van der Waals surface area contributed by atoms with E-state index < -0.39 is 12.0 Å². The molecule has 0 aromatic heterocycles. The van der Waals surface area contributed by atoms with Crippen molar-refractivity contribution in [2.24, 2.45) is 4.99 Å². The molecule has 1 unspecified atom stereocenters. The van der Waals surface area contributed by atoms with Gasteiger partial charge in [-0.1, -0.05) is 13.8 Å². The van der Waals surface area contributed by atoms with Gasteiger partial charge in [-0.3, -0.25) is 4.79 Å². The number of hydrogen-bond donors (Lipinski definition) is 2. The van der Waals surface area contributed by atoms with E-state index in [0.29, 0.717) is 13.0 Å². The van der Waals surface area contributed by atoms with Crippen LogP contribution in [0.5, 0.6) is 0 Å². The van der Waals surface area contributed by atoms with Crippen molar-refractivity contribution >= 4 is 23.3 Å². The average Bonchev–Trinajstić information content (AvgIpc) is 2.02. The molecule has 0 fully saturated rings. The normalized spacial score (nSPS) is 12.2. The van der Waals surface area contributed by atoms with Crippen LogP contribution in [0.1, 0.15) is 20.3 Å². The smallest absolute Gasteiger partial charge is 0.320 e. The minimum atomic E-state index is -0.853. The number of carboxylic acids is 1. The highest BCUT2D eigenvalue weighted by Gasteiger charge is 2.16. The summed E-state index contributed by atoms with van der Waals surface area (Å²) in [4.78, 5) is 14.3. The molecule has 0 aliphatic heterocycles. The van der Waals surface area contributed by atoms with Gasteiger partial charge in [0.2, 0.25) is 0 Å². The van der Waals surface area contributed by atoms with Gasteiger partial charge in [0.25, 0.3) is 0 Å². The highest BCUT2D eigenvalue weighted by atomic mass is 32.1. The number of nitrogens with one attached hydrogen (secondary N) is 1. The highest BCUT2D eigenvalue weighted by molar-refractivity contribution is 7.78. The van der Waals surface area contributed by atoms with Gasteiger partial charge < -0.3 is 10.4 Å². The molecule has 0 spiro atoms. The van der Waals surface area contributed by atoms with Gasteiger partial charge in [-0.15, -0.1) is 0 Å². The molecule has 0 saturated heterocycles. The van der Waals surface area contributed by atoms with E-state index in [1.165, 1.54) is 0 Å². The molecule has 4 nitrogen and oxygen atoms in total. The van der Waals surface area contributed by atoms with E-state index in [1.54, 1.807) is 0 Å². The second kappa shape index (κ2) is 6.71. The predicted octanol–water partition coefficient (Wildman–Crippen LogP) is 0.930. The first-order chi connectivity index (χ1) is 6.07. The maximum Gasteiger partial charge on any atom is 0.320 e. The van der Waals surface area contributed by atoms with E-state index in [2.05, 4.69) is 27.7 Å². The molecule has 2 N–H and O–H groups in total. The van der Waals surface area contributed by atoms with Crippen molar-refractivity contribution < 1.29 is 9.90 Å². The SMILES string of the molecule is CC(C)NC(CCN=C=S)C(=O)O. The van der Waals surface area contributed by atoms with Gasteiger partial charge in [-0.05, 0) is 18.6 Å². The molecule has 0 radical (unpaired) electrons. The van der Waals surface area contributed by atoms with E-state index in [1.807, 2.05) is 13.8 Å². The van der Waals surface area contributed by atoms with Crippen LogP contribution in [0.3, 0.4) is 0 Å². The van der Waals surface area contributed by atoms with Crippen molar-refractivity contribution in [3.8, 4) is 0 Å². The summed E-state index contributed by atoms with van der Waals surface area (Å²) in [6, 6.07) is -0.398. The van der Waals surface area contributed by atoms with Crippen molar-refractivity contribution in [2.45, 2.75) is 32.4 Å². The van der Waals surface area contributed by atoms with Crippen molar-refractivity contribution in [3.05, 3.63) is 0 Å². The molecular weight excluding hydrogens is 188 g/mol. The molecule has 13 heavy (non-hydrogen) atoms. The molecule has 0 bridgehead atoms. The van der Waals surface area contributed by atoms with Crippen LogP contribution in [-0.2, 0) is 4.79 Å². The van der Waals surface area contributed by atoms with Crippen LogP contribution in [0.25, 0.3) is 0 Å². The molecule has 5 heteroatoms. The average molecular weight is 202 g/mol. The third-order valence-electron chi connectivity index (χ3n) is 1.43. The summed E-state index contributed by atoms with van der Waals surface area (Å²) in [5.41, 5.74) is 0. The summed E-state index contributed by atoms with van der Waals surface area (Å²) >= 11 is 4.37. The number of carbonyl (C=O) groups is 1. The Morgan fingerprint density at radius 3 is 2.69 bits per heavy atom. The molecule has 0 rings (SSSR count). The van der Waals surface area contributed by atoms with Gasteiger partial charge in [0.05, 0.1) is 11.7 Å². The molecule has 0 aliphatic rings. The van der Waals surface area contributed by atoms with Crippen LogP contribution in [0.2, 0.25) is 0 Å². The first-order valence-electron chi connectivity index (χ1n) is 4.10. The number of thiocarbonyl (C=S) groups is 1. The van der Waals surface area contributed by atoms with Gasteiger partial charge in [-0.2, -0.15) is 0 Å². The van der Waals surface area contributed by atoms with Crippen molar-refractivity contribution in [3.63, 3.8) is 0 Å². The Labute approximate surface area is 83.1 Å². The first-order valence-corrected chi connectivity index (χ1v) is 4.51. The third-order valence-corrected chi connectivity index (χ3v) is 1.56. The molecule has 0 aromatic rings. The Morgan fingerprint density at radius 1 is 1.69 bits per heavy atom. The molecule has 0 aromatic carbocycles. The summed E-state index contributed by atoms with van der Waals surface area (Å²) < 4.78 is 0. The van der Waals surface area contributed by atoms with Crippen LogP contribution in [0.15, 0.2) is 4.99 Å². The van der Waals surface area contributed by atoms with E-state index >= 15 is 0 Å². The largest absolute Gasteiger partial charge is 0.480 e. The van der Waals surface area contributed by atoms with E-state index in [9.17, 15) is 4.79 Å². The van der Waals surface area contributed by atoms with Gasteiger partial charge in [0, 0.05) is 6.04 Å². The number of aliphatic carboxylic acids is 1. The highest BCUT2D eigenvalue weighted by Crippen LogP contribution is 1.95. The number of nitrogens with zero attached hydrogens (tertiary/aromatic N) is 1. The number of carboxylic acid groups (broad SMARTS) is 1. The summed E-state index contributed by atoms with van der Waals surface area (Å²) in [6.07, 6.45) is 0.442. The molecule has 0 amide bonds. The molecule has 74 valence electrons. The van der Waals surface area contributed by atoms with Gasteiger partial charge in [0.15, 0.2) is 0 Å². The standard InChI is InChI=1S/C8H14N2O2S/c1-6(2)10-7(8(11)12)3-4-9-5-13/h6-7,10H,3-4H2,1-2H3,(H,11,12). The molecule has 1 atom stereocenters. The Bertz CT molecular complexity index is 212. The fourth-order valence-corrected chi connectivity index (χ4v) is 1.01. The Balaban J connectivity index is 3.94. The van der Waals surface area contributed by atoms with Gasteiger partial charge >= 0.3 is 5.97 Å². The molecule has 0 heterocycles. The Hall–Kier alpha value is -0.770. The molecular formula is C8H14N2O2S. The summed E-state index contributed by atoms with van der Waals surface area (Å²) in [6.45, 7) is 4.21. The summed E-state index contributed by atoms with van der Waals surface area (Å²) in [5.74, 6) is -0.853.